The van der Waals surface area contributed by atoms with Gasteiger partial charge in [0.15, 0.2) is 5.78 Å². The Labute approximate surface area is 269 Å². The molecule has 250 valence electrons. The van der Waals surface area contributed by atoms with Crippen LogP contribution in [0.2, 0.25) is 0 Å². The lowest BCUT2D eigenvalue weighted by Crippen LogP contribution is -2.47. The number of nitrogens with zero attached hydrogens (tertiary/aromatic N) is 4. The van der Waals surface area contributed by atoms with Crippen LogP contribution < -0.4 is 16.0 Å². The molecule has 3 aromatic rings. The Balaban J connectivity index is 1.38. The molecule has 3 N–H and O–H groups in total. The average molecular weight is 654 g/mol. The standard InChI is InChI=1S/C33H38F3N7O4/c1-18-10-11-24(33(34,35)36)39-30(18)40-31(47)23-14-32-15-25(32)43(23)27(46)16-42-29-20(8-6-4-5-7-9-26(45)38-17-32)12-21(37-3)13-22(29)28(41-42)19(2)44/h10-13,23,25,37H,4-9,14-17H2,1-3H3,(H,38,45)(H,39,40,47)/t23-,25+,32-/m0/s1. The van der Waals surface area contributed by atoms with Crippen LogP contribution in [0.3, 0.4) is 0 Å². The molecule has 2 aliphatic heterocycles. The van der Waals surface area contributed by atoms with Crippen LogP contribution in [0, 0.1) is 12.3 Å². The van der Waals surface area contributed by atoms with Crippen LogP contribution in [0.25, 0.3) is 10.9 Å². The highest BCUT2D eigenvalue weighted by molar-refractivity contribution is 6.07. The summed E-state index contributed by atoms with van der Waals surface area (Å²) in [7, 11) is 1.79. The van der Waals surface area contributed by atoms with Crippen molar-refractivity contribution in [1.82, 2.24) is 25.0 Å². The first kappa shape index (κ1) is 32.5. The molecule has 0 radical (unpaired) electrons. The lowest BCUT2D eigenvalue weighted by molar-refractivity contribution is -0.141. The van der Waals surface area contributed by atoms with Gasteiger partial charge in [-0.1, -0.05) is 18.9 Å². The zero-order valence-electron chi connectivity index (χ0n) is 26.6. The van der Waals surface area contributed by atoms with E-state index in [1.807, 2.05) is 12.1 Å². The fourth-order valence-electron chi connectivity index (χ4n) is 7.12. The molecule has 11 nitrogen and oxygen atoms in total. The SMILES string of the molecule is CNc1cc2c3c(c1)c(C(C)=O)nn3CC(=O)N1[C@H](C(=O)Nc3nc(C(F)(F)F)ccc3C)C[C@@]3(CNC(=O)CCCCCC2)C[C@@H]13. The van der Waals surface area contributed by atoms with Gasteiger partial charge < -0.3 is 20.9 Å². The molecular weight excluding hydrogens is 615 g/mol. The average Bonchev–Trinajstić information content (AvgIpc) is 3.43. The second-order valence-corrected chi connectivity index (χ2v) is 13.0. The number of carbonyl (C=O) groups excluding carboxylic acids is 4. The minimum absolute atomic E-state index is 0.0933. The summed E-state index contributed by atoms with van der Waals surface area (Å²) >= 11 is 0. The van der Waals surface area contributed by atoms with Gasteiger partial charge >= 0.3 is 6.18 Å². The van der Waals surface area contributed by atoms with E-state index >= 15 is 0 Å². The van der Waals surface area contributed by atoms with Gasteiger partial charge in [-0.05, 0) is 68.4 Å². The van der Waals surface area contributed by atoms with E-state index < -0.39 is 35.1 Å². The maximum absolute atomic E-state index is 14.2. The summed E-state index contributed by atoms with van der Waals surface area (Å²) in [6, 6.07) is 4.53. The maximum Gasteiger partial charge on any atom is 0.433 e. The zero-order chi connectivity index (χ0) is 33.7. The molecule has 2 fully saturated rings. The van der Waals surface area contributed by atoms with E-state index in [9.17, 15) is 32.3 Å². The summed E-state index contributed by atoms with van der Waals surface area (Å²) in [6.07, 6.45) is 0.447. The fraction of sp³-hybridized carbons (Fsp3) is 0.515. The molecule has 1 saturated carbocycles. The van der Waals surface area contributed by atoms with Crippen molar-refractivity contribution in [2.45, 2.75) is 90.0 Å². The minimum Gasteiger partial charge on any atom is -0.388 e. The van der Waals surface area contributed by atoms with E-state index in [4.69, 9.17) is 0 Å². The van der Waals surface area contributed by atoms with Gasteiger partial charge in [0.1, 0.15) is 29.8 Å². The highest BCUT2D eigenvalue weighted by atomic mass is 19.4. The second kappa shape index (κ2) is 12.3. The van der Waals surface area contributed by atoms with Gasteiger partial charge in [0, 0.05) is 49.5 Å². The highest BCUT2D eigenvalue weighted by Gasteiger charge is 2.67. The van der Waals surface area contributed by atoms with E-state index in [-0.39, 0.29) is 48.8 Å². The molecule has 1 saturated heterocycles. The molecule has 47 heavy (non-hydrogen) atoms. The number of benzene rings is 1. The summed E-state index contributed by atoms with van der Waals surface area (Å²) in [5, 5.41) is 13.9. The van der Waals surface area contributed by atoms with Crippen LogP contribution in [-0.4, -0.2) is 68.8 Å². The number of piperidine rings is 1. The number of amides is 3. The smallest absolute Gasteiger partial charge is 0.388 e. The molecule has 14 heteroatoms. The van der Waals surface area contributed by atoms with E-state index in [0.717, 1.165) is 43.0 Å². The Morgan fingerprint density at radius 2 is 1.81 bits per heavy atom. The number of ketones is 1. The molecule has 0 spiro atoms. The summed E-state index contributed by atoms with van der Waals surface area (Å²) in [4.78, 5) is 58.6. The van der Waals surface area contributed by atoms with Gasteiger partial charge in [0.2, 0.25) is 17.7 Å². The van der Waals surface area contributed by atoms with Crippen LogP contribution in [0.4, 0.5) is 24.7 Å². The number of nitrogens with one attached hydrogen (secondary N) is 3. The molecule has 6 rings (SSSR count). The van der Waals surface area contributed by atoms with Crippen molar-refractivity contribution in [2.75, 3.05) is 24.2 Å². The Morgan fingerprint density at radius 1 is 1.06 bits per heavy atom. The summed E-state index contributed by atoms with van der Waals surface area (Å²) in [5.41, 5.74) is 1.30. The largest absolute Gasteiger partial charge is 0.433 e. The number of aromatic nitrogens is 3. The number of carbonyl (C=O) groups is 4. The minimum atomic E-state index is -4.70. The van der Waals surface area contributed by atoms with Gasteiger partial charge in [-0.25, -0.2) is 4.98 Å². The number of anilines is 2. The van der Waals surface area contributed by atoms with Gasteiger partial charge in [-0.3, -0.25) is 23.9 Å². The van der Waals surface area contributed by atoms with E-state index in [2.05, 4.69) is 26.0 Å². The van der Waals surface area contributed by atoms with E-state index in [1.165, 1.54) is 24.8 Å². The van der Waals surface area contributed by atoms with Crippen LogP contribution >= 0.6 is 0 Å². The predicted octanol–water partition coefficient (Wildman–Crippen LogP) is 4.62. The highest BCUT2D eigenvalue weighted by Crippen LogP contribution is 2.59. The Morgan fingerprint density at radius 3 is 2.51 bits per heavy atom. The molecule has 1 aliphatic carbocycles. The van der Waals surface area contributed by atoms with Crippen molar-refractivity contribution < 1.29 is 32.3 Å². The first-order valence-electron chi connectivity index (χ1n) is 16.0. The lowest BCUT2D eigenvalue weighted by Gasteiger charge is -2.27. The van der Waals surface area contributed by atoms with Crippen LogP contribution in [0.1, 0.15) is 79.2 Å². The number of hydrogen-bond donors (Lipinski definition) is 3. The van der Waals surface area contributed by atoms with E-state index in [1.54, 1.807) is 11.7 Å². The predicted molar refractivity (Wildman–Crippen MR) is 168 cm³/mol. The Hall–Kier alpha value is -4.49. The molecule has 0 unspecified atom stereocenters. The van der Waals surface area contributed by atoms with Gasteiger partial charge in [0.25, 0.3) is 0 Å². The third-order valence-corrected chi connectivity index (χ3v) is 9.71. The lowest BCUT2D eigenvalue weighted by atomic mass is 9.98. The topological polar surface area (TPSA) is 138 Å². The molecule has 3 aliphatic rings. The molecule has 2 aromatic heterocycles. The second-order valence-electron chi connectivity index (χ2n) is 13.0. The maximum atomic E-state index is 14.2. The summed E-state index contributed by atoms with van der Waals surface area (Å²) < 4.78 is 41.8. The molecule has 3 amide bonds. The van der Waals surface area contributed by atoms with Crippen LogP contribution in [0.5, 0.6) is 0 Å². The third-order valence-electron chi connectivity index (χ3n) is 9.71. The zero-order valence-corrected chi connectivity index (χ0v) is 26.6. The first-order valence-corrected chi connectivity index (χ1v) is 16.0. The number of aryl methyl sites for hydroxylation is 2. The number of alkyl halides is 3. The number of Topliss-reactive ketones (excluding diaryl/α,β-unsaturated/α-hetero) is 1. The number of halogens is 3. The van der Waals surface area contributed by atoms with Gasteiger partial charge in [-0.15, -0.1) is 0 Å². The monoisotopic (exact) mass is 653 g/mol. The van der Waals surface area contributed by atoms with Crippen molar-refractivity contribution in [3.05, 3.63) is 46.8 Å². The van der Waals surface area contributed by atoms with Crippen molar-refractivity contribution in [1.29, 1.82) is 0 Å². The van der Waals surface area contributed by atoms with E-state index in [0.29, 0.717) is 35.7 Å². The molecule has 3 atom stereocenters. The Kier molecular flexibility index (Phi) is 8.47. The van der Waals surface area contributed by atoms with Crippen LogP contribution in [-0.2, 0) is 33.5 Å². The summed E-state index contributed by atoms with van der Waals surface area (Å²) in [6.45, 7) is 2.99. The normalized spacial score (nSPS) is 23.6. The Bertz CT molecular complexity index is 1770. The third kappa shape index (κ3) is 6.29. The molecular formula is C33H38F3N7O4. The quantitative estimate of drug-likeness (QED) is 0.350. The van der Waals surface area contributed by atoms with Gasteiger partial charge in [0.05, 0.1) is 5.52 Å². The van der Waals surface area contributed by atoms with Crippen LogP contribution in [0.15, 0.2) is 24.3 Å². The molecule has 1 aromatic carbocycles. The fourth-order valence-corrected chi connectivity index (χ4v) is 7.12. The van der Waals surface area contributed by atoms with Crippen molar-refractivity contribution in [3.8, 4) is 0 Å². The van der Waals surface area contributed by atoms with Gasteiger partial charge in [-0.2, -0.15) is 18.3 Å². The van der Waals surface area contributed by atoms with Crippen molar-refractivity contribution >= 4 is 45.9 Å². The number of rotatable bonds is 4. The molecule has 4 heterocycles. The number of pyridine rings is 1. The first-order chi connectivity index (χ1) is 22.3. The summed E-state index contributed by atoms with van der Waals surface area (Å²) in [5.74, 6) is -1.65. The van der Waals surface area contributed by atoms with Crippen molar-refractivity contribution in [2.24, 2.45) is 5.41 Å². The molecule has 2 bridgehead atoms. The van der Waals surface area contributed by atoms with Crippen molar-refractivity contribution in [3.63, 3.8) is 0 Å². The number of hydrogen-bond acceptors (Lipinski definition) is 7.